The van der Waals surface area contributed by atoms with Crippen LogP contribution in [0.2, 0.25) is 0 Å². The standard InChI is InChI=1S/C22H25N3O5S/c1-2-25-20-11-10-18(31(28,29)24-12-4-3-5-13-24)14-19(20)23-21(25)15-30-22(27)16-6-8-17(26)9-7-16/h6-11,14,26H,2-5,12-13,15H2,1H3. The summed E-state index contributed by atoms with van der Waals surface area (Å²) in [7, 11) is -3.55. The molecule has 0 unspecified atom stereocenters. The third kappa shape index (κ3) is 4.28. The molecule has 1 aromatic heterocycles. The van der Waals surface area contributed by atoms with Gasteiger partial charge < -0.3 is 14.4 Å². The van der Waals surface area contributed by atoms with Crippen molar-refractivity contribution < 1.29 is 23.1 Å². The Balaban J connectivity index is 1.58. The number of carbonyl (C=O) groups excluding carboxylic acids is 1. The summed E-state index contributed by atoms with van der Waals surface area (Å²) in [6.07, 6.45) is 2.81. The van der Waals surface area contributed by atoms with Gasteiger partial charge in [-0.25, -0.2) is 18.2 Å². The van der Waals surface area contributed by atoms with Gasteiger partial charge in [0.2, 0.25) is 10.0 Å². The van der Waals surface area contributed by atoms with Crippen molar-refractivity contribution in [3.63, 3.8) is 0 Å². The minimum atomic E-state index is -3.55. The van der Waals surface area contributed by atoms with E-state index in [1.165, 1.54) is 28.6 Å². The van der Waals surface area contributed by atoms with Crippen molar-refractivity contribution in [2.75, 3.05) is 13.1 Å². The Bertz CT molecular complexity index is 1200. The fourth-order valence-electron chi connectivity index (χ4n) is 3.85. The van der Waals surface area contributed by atoms with Crippen molar-refractivity contribution in [2.45, 2.75) is 44.2 Å². The molecular weight excluding hydrogens is 418 g/mol. The fraction of sp³-hybridized carbons (Fsp3) is 0.364. The molecule has 0 bridgehead atoms. The smallest absolute Gasteiger partial charge is 0.338 e. The summed E-state index contributed by atoms with van der Waals surface area (Å²) in [5, 5.41) is 9.35. The Morgan fingerprint density at radius 2 is 1.81 bits per heavy atom. The second kappa shape index (κ2) is 8.68. The summed E-state index contributed by atoms with van der Waals surface area (Å²) in [4.78, 5) is 17.1. The second-order valence-electron chi connectivity index (χ2n) is 7.51. The van der Waals surface area contributed by atoms with E-state index in [9.17, 15) is 18.3 Å². The van der Waals surface area contributed by atoms with Crippen molar-refractivity contribution in [1.82, 2.24) is 13.9 Å². The zero-order valence-electron chi connectivity index (χ0n) is 17.3. The first-order chi connectivity index (χ1) is 14.9. The molecule has 2 aromatic carbocycles. The number of hydrogen-bond donors (Lipinski definition) is 1. The zero-order chi connectivity index (χ0) is 22.0. The summed E-state index contributed by atoms with van der Waals surface area (Å²) in [6.45, 7) is 3.59. The molecule has 0 saturated carbocycles. The minimum Gasteiger partial charge on any atom is -0.508 e. The van der Waals surface area contributed by atoms with Gasteiger partial charge in [0, 0.05) is 19.6 Å². The Morgan fingerprint density at radius 1 is 1.10 bits per heavy atom. The molecule has 2 heterocycles. The van der Waals surface area contributed by atoms with Crippen LogP contribution in [0.1, 0.15) is 42.4 Å². The van der Waals surface area contributed by atoms with E-state index in [1.807, 2.05) is 11.5 Å². The Labute approximate surface area is 181 Å². The molecule has 1 fully saturated rings. The molecule has 1 aliphatic heterocycles. The summed E-state index contributed by atoms with van der Waals surface area (Å²) in [5.74, 6) is 0.0832. The highest BCUT2D eigenvalue weighted by Crippen LogP contribution is 2.25. The number of nitrogens with zero attached hydrogens (tertiary/aromatic N) is 3. The van der Waals surface area contributed by atoms with E-state index >= 15 is 0 Å². The third-order valence-electron chi connectivity index (χ3n) is 5.50. The molecule has 9 heteroatoms. The zero-order valence-corrected chi connectivity index (χ0v) is 18.1. The number of benzene rings is 2. The van der Waals surface area contributed by atoms with Crippen LogP contribution in [0.25, 0.3) is 11.0 Å². The number of fused-ring (bicyclic) bond motifs is 1. The molecule has 0 spiro atoms. The van der Waals surface area contributed by atoms with Crippen LogP contribution in [0.3, 0.4) is 0 Å². The van der Waals surface area contributed by atoms with Crippen LogP contribution in [-0.4, -0.2) is 46.4 Å². The fourth-order valence-corrected chi connectivity index (χ4v) is 5.39. The summed E-state index contributed by atoms with van der Waals surface area (Å²) < 4.78 is 34.8. The van der Waals surface area contributed by atoms with Gasteiger partial charge in [-0.15, -0.1) is 0 Å². The van der Waals surface area contributed by atoms with Gasteiger partial charge in [-0.2, -0.15) is 4.31 Å². The Hall–Kier alpha value is -2.91. The second-order valence-corrected chi connectivity index (χ2v) is 9.45. The van der Waals surface area contributed by atoms with Crippen molar-refractivity contribution in [1.29, 1.82) is 0 Å². The van der Waals surface area contributed by atoms with Crippen LogP contribution >= 0.6 is 0 Å². The molecule has 0 radical (unpaired) electrons. The van der Waals surface area contributed by atoms with Gasteiger partial charge in [-0.05, 0) is 62.2 Å². The quantitative estimate of drug-likeness (QED) is 0.587. The molecule has 8 nitrogen and oxygen atoms in total. The van der Waals surface area contributed by atoms with Gasteiger partial charge in [0.1, 0.15) is 18.2 Å². The number of phenolic OH excluding ortho intramolecular Hbond substituents is 1. The van der Waals surface area contributed by atoms with E-state index in [2.05, 4.69) is 4.98 Å². The van der Waals surface area contributed by atoms with Crippen molar-refractivity contribution in [3.8, 4) is 5.75 Å². The summed E-state index contributed by atoms with van der Waals surface area (Å²) in [5.41, 5.74) is 1.67. The maximum absolute atomic E-state index is 13.0. The van der Waals surface area contributed by atoms with E-state index in [0.717, 1.165) is 24.8 Å². The molecule has 0 amide bonds. The molecular formula is C22H25N3O5S. The Kier molecular flexibility index (Phi) is 5.97. The number of sulfonamides is 1. The number of aromatic nitrogens is 2. The normalized spacial score (nSPS) is 15.3. The SMILES string of the molecule is CCn1c(COC(=O)c2ccc(O)cc2)nc2cc(S(=O)(=O)N3CCCCC3)ccc21. The molecule has 31 heavy (non-hydrogen) atoms. The van der Waals surface area contributed by atoms with Crippen molar-refractivity contribution in [2.24, 2.45) is 0 Å². The van der Waals surface area contributed by atoms with Gasteiger partial charge in [-0.1, -0.05) is 6.42 Å². The monoisotopic (exact) mass is 443 g/mol. The lowest BCUT2D eigenvalue weighted by Gasteiger charge is -2.25. The maximum atomic E-state index is 13.0. The van der Waals surface area contributed by atoms with Crippen molar-refractivity contribution >= 4 is 27.0 Å². The van der Waals surface area contributed by atoms with Crippen LogP contribution in [-0.2, 0) is 27.9 Å². The number of carbonyl (C=O) groups is 1. The third-order valence-corrected chi connectivity index (χ3v) is 7.40. The lowest BCUT2D eigenvalue weighted by Crippen LogP contribution is -2.35. The number of aromatic hydroxyl groups is 1. The number of imidazole rings is 1. The van der Waals surface area contributed by atoms with E-state index < -0.39 is 16.0 Å². The van der Waals surface area contributed by atoms with Gasteiger partial charge >= 0.3 is 5.97 Å². The van der Waals surface area contributed by atoms with Crippen LogP contribution < -0.4 is 0 Å². The number of phenols is 1. The first-order valence-corrected chi connectivity index (χ1v) is 11.8. The highest BCUT2D eigenvalue weighted by molar-refractivity contribution is 7.89. The van der Waals surface area contributed by atoms with Crippen LogP contribution in [0, 0.1) is 0 Å². The molecule has 164 valence electrons. The molecule has 0 atom stereocenters. The summed E-state index contributed by atoms with van der Waals surface area (Å²) >= 11 is 0. The van der Waals surface area contributed by atoms with E-state index in [-0.39, 0.29) is 17.3 Å². The van der Waals surface area contributed by atoms with Crippen LogP contribution in [0.5, 0.6) is 5.75 Å². The van der Waals surface area contributed by atoms with E-state index in [4.69, 9.17) is 4.74 Å². The minimum absolute atomic E-state index is 0.0452. The molecule has 3 aromatic rings. The van der Waals surface area contributed by atoms with E-state index in [1.54, 1.807) is 18.2 Å². The highest BCUT2D eigenvalue weighted by atomic mass is 32.2. The lowest BCUT2D eigenvalue weighted by atomic mass is 10.2. The molecule has 1 N–H and O–H groups in total. The predicted molar refractivity (Wildman–Crippen MR) is 115 cm³/mol. The number of ether oxygens (including phenoxy) is 1. The topological polar surface area (TPSA) is 102 Å². The molecule has 0 aliphatic carbocycles. The number of hydrogen-bond acceptors (Lipinski definition) is 6. The van der Waals surface area contributed by atoms with Gasteiger partial charge in [0.25, 0.3) is 0 Å². The highest BCUT2D eigenvalue weighted by Gasteiger charge is 2.26. The molecule has 1 aliphatic rings. The largest absolute Gasteiger partial charge is 0.508 e. The number of esters is 1. The first-order valence-electron chi connectivity index (χ1n) is 10.4. The van der Waals surface area contributed by atoms with Crippen LogP contribution in [0.15, 0.2) is 47.4 Å². The van der Waals surface area contributed by atoms with Gasteiger partial charge in [-0.3, -0.25) is 0 Å². The summed E-state index contributed by atoms with van der Waals surface area (Å²) in [6, 6.07) is 10.8. The number of rotatable bonds is 6. The van der Waals surface area contributed by atoms with Gasteiger partial charge in [0.05, 0.1) is 21.5 Å². The number of aryl methyl sites for hydroxylation is 1. The average Bonchev–Trinajstić information content (AvgIpc) is 3.15. The van der Waals surface area contributed by atoms with Gasteiger partial charge in [0.15, 0.2) is 0 Å². The lowest BCUT2D eigenvalue weighted by molar-refractivity contribution is 0.0458. The average molecular weight is 444 g/mol. The predicted octanol–water partition coefficient (Wildman–Crippen LogP) is 3.29. The van der Waals surface area contributed by atoms with Crippen LogP contribution in [0.4, 0.5) is 0 Å². The van der Waals surface area contributed by atoms with Crippen molar-refractivity contribution in [3.05, 3.63) is 53.9 Å². The maximum Gasteiger partial charge on any atom is 0.338 e. The Morgan fingerprint density at radius 3 is 2.48 bits per heavy atom. The molecule has 4 rings (SSSR count). The molecule has 1 saturated heterocycles. The first kappa shape index (κ1) is 21.3. The van der Waals surface area contributed by atoms with E-state index in [0.29, 0.717) is 36.5 Å². The number of piperidine rings is 1.